The van der Waals surface area contributed by atoms with Crippen molar-refractivity contribution in [3.05, 3.63) is 33.8 Å². The molecule has 1 atom stereocenters. The van der Waals surface area contributed by atoms with Crippen LogP contribution in [-0.2, 0) is 11.2 Å². The zero-order valence-electron chi connectivity index (χ0n) is 7.76. The Morgan fingerprint density at radius 1 is 1.57 bits per heavy atom. The van der Waals surface area contributed by atoms with Crippen molar-refractivity contribution in [1.29, 1.82) is 0 Å². The van der Waals surface area contributed by atoms with Gasteiger partial charge in [0, 0.05) is 4.47 Å². The molecule has 0 aliphatic rings. The second-order valence-corrected chi connectivity index (χ2v) is 5.12. The molecule has 2 N–H and O–H groups in total. The maximum Gasteiger partial charge on any atom is 0.231 e. The van der Waals surface area contributed by atoms with E-state index in [-0.39, 0.29) is 10.7 Å². The van der Waals surface area contributed by atoms with Crippen molar-refractivity contribution >= 4 is 37.8 Å². The average molecular weight is 321 g/mol. The molecule has 1 aromatic carbocycles. The largest absolute Gasteiger partial charge is 0.369 e. The molecule has 1 aromatic rings. The smallest absolute Gasteiger partial charge is 0.231 e. The number of carbonyl (C=O) groups excluding carboxylic acids is 1. The number of carbonyl (C=O) groups is 1. The highest BCUT2D eigenvalue weighted by molar-refractivity contribution is 9.10. The van der Waals surface area contributed by atoms with Crippen molar-refractivity contribution < 1.29 is 4.79 Å². The van der Waals surface area contributed by atoms with E-state index in [0.29, 0.717) is 6.42 Å². The number of benzene rings is 1. The molecule has 1 amide bonds. The fourth-order valence-corrected chi connectivity index (χ4v) is 1.87. The van der Waals surface area contributed by atoms with Crippen molar-refractivity contribution in [3.63, 3.8) is 0 Å². The monoisotopic (exact) mass is 319 g/mol. The third-order valence-corrected chi connectivity index (χ3v) is 3.59. The van der Waals surface area contributed by atoms with E-state index in [4.69, 9.17) is 5.73 Å². The molecule has 0 fully saturated rings. The number of aryl methyl sites for hydroxylation is 1. The first-order valence-corrected chi connectivity index (χ1v) is 5.90. The first-order valence-electron chi connectivity index (χ1n) is 4.19. The average Bonchev–Trinajstić information content (AvgIpc) is 2.11. The third-order valence-electron chi connectivity index (χ3n) is 1.96. The Hall–Kier alpha value is -0.350. The van der Waals surface area contributed by atoms with Gasteiger partial charge in [-0.15, -0.1) is 0 Å². The number of hydrogen-bond donors (Lipinski definition) is 1. The minimum Gasteiger partial charge on any atom is -0.369 e. The molecule has 0 spiro atoms. The Labute approximate surface area is 100 Å². The molecule has 0 radical (unpaired) electrons. The van der Waals surface area contributed by atoms with Gasteiger partial charge in [-0.25, -0.2) is 0 Å². The lowest BCUT2D eigenvalue weighted by atomic mass is 10.1. The standard InChI is InChI=1S/C10H11Br2NO/c1-6-2-3-7(4-8(6)11)5-9(12)10(13)14/h2-4,9H,5H2,1H3,(H2,13,14). The minimum absolute atomic E-state index is 0.294. The van der Waals surface area contributed by atoms with Gasteiger partial charge in [-0.3, -0.25) is 4.79 Å². The topological polar surface area (TPSA) is 43.1 Å². The lowest BCUT2D eigenvalue weighted by molar-refractivity contribution is -0.117. The molecule has 0 saturated heterocycles. The van der Waals surface area contributed by atoms with E-state index < -0.39 is 0 Å². The summed E-state index contributed by atoms with van der Waals surface area (Å²) in [6.45, 7) is 2.02. The van der Waals surface area contributed by atoms with Gasteiger partial charge in [0.05, 0.1) is 4.83 Å². The molecular formula is C10H11Br2NO. The van der Waals surface area contributed by atoms with Gasteiger partial charge in [0.2, 0.25) is 5.91 Å². The van der Waals surface area contributed by atoms with Gasteiger partial charge in [-0.2, -0.15) is 0 Å². The zero-order valence-corrected chi connectivity index (χ0v) is 10.9. The fraction of sp³-hybridized carbons (Fsp3) is 0.300. The maximum atomic E-state index is 10.8. The van der Waals surface area contributed by atoms with E-state index >= 15 is 0 Å². The van der Waals surface area contributed by atoms with Gasteiger partial charge >= 0.3 is 0 Å². The molecular weight excluding hydrogens is 310 g/mol. The van der Waals surface area contributed by atoms with Crippen LogP contribution in [-0.4, -0.2) is 10.7 Å². The molecule has 0 aliphatic carbocycles. The lowest BCUT2D eigenvalue weighted by Crippen LogP contribution is -2.24. The molecule has 0 heterocycles. The highest BCUT2D eigenvalue weighted by Crippen LogP contribution is 2.19. The van der Waals surface area contributed by atoms with Crippen LogP contribution in [0.5, 0.6) is 0 Å². The predicted octanol–water partition coefficient (Wildman–Crippen LogP) is 2.55. The summed E-state index contributed by atoms with van der Waals surface area (Å²) in [4.78, 5) is 10.5. The number of primary amides is 1. The lowest BCUT2D eigenvalue weighted by Gasteiger charge is -2.07. The van der Waals surface area contributed by atoms with Crippen LogP contribution in [0.2, 0.25) is 0 Å². The van der Waals surface area contributed by atoms with E-state index in [2.05, 4.69) is 31.9 Å². The van der Waals surface area contributed by atoms with Crippen molar-refractivity contribution in [2.45, 2.75) is 18.2 Å². The van der Waals surface area contributed by atoms with Crippen LogP contribution >= 0.6 is 31.9 Å². The summed E-state index contributed by atoms with van der Waals surface area (Å²) in [6.07, 6.45) is 0.619. The summed E-state index contributed by atoms with van der Waals surface area (Å²) < 4.78 is 1.05. The molecule has 4 heteroatoms. The predicted molar refractivity (Wildman–Crippen MR) is 64.5 cm³/mol. The van der Waals surface area contributed by atoms with Gasteiger partial charge in [0.1, 0.15) is 0 Å². The minimum atomic E-state index is -0.332. The first kappa shape index (κ1) is 11.7. The van der Waals surface area contributed by atoms with Crippen molar-refractivity contribution in [1.82, 2.24) is 0 Å². The molecule has 0 bridgehead atoms. The van der Waals surface area contributed by atoms with Crippen molar-refractivity contribution in [2.75, 3.05) is 0 Å². The van der Waals surface area contributed by atoms with Gasteiger partial charge in [0.25, 0.3) is 0 Å². The van der Waals surface area contributed by atoms with E-state index in [1.54, 1.807) is 0 Å². The number of alkyl halides is 1. The molecule has 1 rings (SSSR count). The van der Waals surface area contributed by atoms with Crippen LogP contribution < -0.4 is 5.73 Å². The summed E-state index contributed by atoms with van der Waals surface area (Å²) in [6, 6.07) is 6.02. The molecule has 0 saturated carbocycles. The normalized spacial score (nSPS) is 12.5. The Kier molecular flexibility index (Phi) is 4.13. The Morgan fingerprint density at radius 2 is 2.21 bits per heavy atom. The van der Waals surface area contributed by atoms with E-state index in [9.17, 15) is 4.79 Å². The second kappa shape index (κ2) is 4.94. The van der Waals surface area contributed by atoms with Gasteiger partial charge < -0.3 is 5.73 Å². The summed E-state index contributed by atoms with van der Waals surface area (Å²) in [5.74, 6) is -0.332. The SMILES string of the molecule is Cc1ccc(CC(Br)C(N)=O)cc1Br. The number of hydrogen-bond acceptors (Lipinski definition) is 1. The molecule has 2 nitrogen and oxygen atoms in total. The maximum absolute atomic E-state index is 10.8. The number of nitrogens with two attached hydrogens (primary N) is 1. The van der Waals surface area contributed by atoms with Crippen molar-refractivity contribution in [3.8, 4) is 0 Å². The quantitative estimate of drug-likeness (QED) is 0.855. The third kappa shape index (κ3) is 3.10. The zero-order chi connectivity index (χ0) is 10.7. The van der Waals surface area contributed by atoms with E-state index in [0.717, 1.165) is 10.0 Å². The van der Waals surface area contributed by atoms with Gasteiger partial charge in [-0.05, 0) is 30.5 Å². The van der Waals surface area contributed by atoms with E-state index in [1.807, 2.05) is 25.1 Å². The summed E-state index contributed by atoms with van der Waals surface area (Å²) in [7, 11) is 0. The van der Waals surface area contributed by atoms with Crippen LogP contribution in [0.3, 0.4) is 0 Å². The number of amides is 1. The molecule has 14 heavy (non-hydrogen) atoms. The van der Waals surface area contributed by atoms with E-state index in [1.165, 1.54) is 5.56 Å². The number of halogens is 2. The fourth-order valence-electron chi connectivity index (χ4n) is 1.07. The van der Waals surface area contributed by atoms with Crippen LogP contribution in [0.4, 0.5) is 0 Å². The van der Waals surface area contributed by atoms with Crippen LogP contribution in [0.15, 0.2) is 22.7 Å². The summed E-state index contributed by atoms with van der Waals surface area (Å²) in [5.41, 5.74) is 7.42. The highest BCUT2D eigenvalue weighted by Gasteiger charge is 2.11. The molecule has 0 aliphatic heterocycles. The van der Waals surface area contributed by atoms with Crippen LogP contribution in [0.25, 0.3) is 0 Å². The molecule has 0 aromatic heterocycles. The highest BCUT2D eigenvalue weighted by atomic mass is 79.9. The first-order chi connectivity index (χ1) is 6.50. The van der Waals surface area contributed by atoms with Gasteiger partial charge in [-0.1, -0.05) is 44.0 Å². The number of rotatable bonds is 3. The van der Waals surface area contributed by atoms with Gasteiger partial charge in [0.15, 0.2) is 0 Å². The van der Waals surface area contributed by atoms with Crippen LogP contribution in [0.1, 0.15) is 11.1 Å². The Balaban J connectivity index is 2.78. The second-order valence-electron chi connectivity index (χ2n) is 3.16. The summed E-state index contributed by atoms with van der Waals surface area (Å²) in [5, 5.41) is 0. The Bertz CT molecular complexity index is 352. The summed E-state index contributed by atoms with van der Waals surface area (Å²) >= 11 is 6.67. The Morgan fingerprint density at radius 3 is 2.71 bits per heavy atom. The van der Waals surface area contributed by atoms with Crippen molar-refractivity contribution in [2.24, 2.45) is 5.73 Å². The molecule has 76 valence electrons. The molecule has 1 unspecified atom stereocenters. The van der Waals surface area contributed by atoms with Crippen LogP contribution in [0, 0.1) is 6.92 Å².